The summed E-state index contributed by atoms with van der Waals surface area (Å²) in [5, 5.41) is 0.368. The topological polar surface area (TPSA) is 54.0 Å². The lowest BCUT2D eigenvalue weighted by Gasteiger charge is -2.42. The molecule has 0 N–H and O–H groups in total. The van der Waals surface area contributed by atoms with E-state index in [0.29, 0.717) is 23.9 Å². The van der Waals surface area contributed by atoms with Crippen LogP contribution in [0.4, 0.5) is 0 Å². The molecule has 2 aliphatic rings. The number of hydrogen-bond donors (Lipinski definition) is 0. The Bertz CT molecular complexity index is 1340. The van der Waals surface area contributed by atoms with Gasteiger partial charge < -0.3 is 18.3 Å². The van der Waals surface area contributed by atoms with Gasteiger partial charge in [0.2, 0.25) is 0 Å². The van der Waals surface area contributed by atoms with Crippen molar-refractivity contribution in [2.24, 2.45) is 17.8 Å². The van der Waals surface area contributed by atoms with Gasteiger partial charge in [-0.2, -0.15) is 0 Å². The average molecular weight is 709 g/mol. The zero-order valence-electron chi connectivity index (χ0n) is 32.8. The van der Waals surface area contributed by atoms with Gasteiger partial charge in [0.05, 0.1) is 0 Å². The van der Waals surface area contributed by atoms with Gasteiger partial charge in [-0.15, -0.1) is 0 Å². The zero-order valence-corrected chi connectivity index (χ0v) is 34.8. The maximum atomic E-state index is 12.6. The summed E-state index contributed by atoms with van der Waals surface area (Å²) in [5.74, 6) is 2.13. The molecule has 5 atom stereocenters. The Hall–Kier alpha value is -1.94. The van der Waals surface area contributed by atoms with Gasteiger partial charge >= 0.3 is 5.97 Å². The van der Waals surface area contributed by atoms with Crippen LogP contribution in [-0.4, -0.2) is 41.4 Å². The van der Waals surface area contributed by atoms with Crippen molar-refractivity contribution in [2.75, 3.05) is 6.61 Å². The molecule has 1 saturated carbocycles. The normalized spacial score (nSPS) is 21.9. The third kappa shape index (κ3) is 10.6. The number of unbranched alkanes of at least 4 members (excludes halogenated alkanes) is 2. The van der Waals surface area contributed by atoms with E-state index in [2.05, 4.69) is 86.8 Å². The largest absolute Gasteiger partial charge is 0.482 e. The van der Waals surface area contributed by atoms with E-state index in [1.807, 2.05) is 36.4 Å². The standard InChI is InChI=1S/C42H68O5Si2/c1-12-13-15-22-34(46-48(8,9)41(2,3)4)24-25-35-36-26-32-21-18-23-38(44-30-40(43)45-29-31-19-16-14-17-20-31)37(32)27-33(36)28-39(35)47-49(10,11)42(5,6)7/h14,16-21,23,33-36,39H,12-13,15,22,24-30H2,1-11H3/t33?,34?,35-,36+,39?/m1/s1. The molecule has 0 radical (unpaired) electrons. The molecule has 0 aromatic heterocycles. The molecule has 49 heavy (non-hydrogen) atoms. The summed E-state index contributed by atoms with van der Waals surface area (Å²) >= 11 is 0. The van der Waals surface area contributed by atoms with Crippen LogP contribution in [0.25, 0.3) is 0 Å². The van der Waals surface area contributed by atoms with E-state index < -0.39 is 16.6 Å². The molecule has 0 bridgehead atoms. The molecular weight excluding hydrogens is 641 g/mol. The van der Waals surface area contributed by atoms with Crippen LogP contribution in [0.2, 0.25) is 36.3 Å². The predicted octanol–water partition coefficient (Wildman–Crippen LogP) is 11.3. The van der Waals surface area contributed by atoms with E-state index in [1.54, 1.807) is 0 Å². The first-order valence-corrected chi connectivity index (χ1v) is 25.0. The first-order valence-electron chi connectivity index (χ1n) is 19.2. The highest BCUT2D eigenvalue weighted by molar-refractivity contribution is 6.74. The minimum atomic E-state index is -1.97. The van der Waals surface area contributed by atoms with Gasteiger partial charge in [-0.3, -0.25) is 0 Å². The smallest absolute Gasteiger partial charge is 0.344 e. The van der Waals surface area contributed by atoms with E-state index in [0.717, 1.165) is 49.8 Å². The minimum Gasteiger partial charge on any atom is -0.482 e. The quantitative estimate of drug-likeness (QED) is 0.0987. The van der Waals surface area contributed by atoms with Crippen molar-refractivity contribution in [1.29, 1.82) is 0 Å². The molecule has 4 rings (SSSR count). The van der Waals surface area contributed by atoms with Crippen molar-refractivity contribution in [3.05, 3.63) is 65.2 Å². The second kappa shape index (κ2) is 16.6. The van der Waals surface area contributed by atoms with Crippen LogP contribution in [0, 0.1) is 17.8 Å². The molecule has 0 saturated heterocycles. The van der Waals surface area contributed by atoms with Crippen LogP contribution in [0.1, 0.15) is 110 Å². The molecule has 5 nitrogen and oxygen atoms in total. The number of fused-ring (bicyclic) bond motifs is 2. The number of esters is 1. The monoisotopic (exact) mass is 708 g/mol. The molecule has 0 aliphatic heterocycles. The lowest BCUT2D eigenvalue weighted by atomic mass is 9.73. The minimum absolute atomic E-state index is 0.0786. The van der Waals surface area contributed by atoms with Gasteiger partial charge in [0.1, 0.15) is 12.4 Å². The first-order chi connectivity index (χ1) is 22.9. The molecule has 0 spiro atoms. The van der Waals surface area contributed by atoms with Gasteiger partial charge in [-0.05, 0) is 115 Å². The number of carbonyl (C=O) groups excluding carboxylic acids is 1. The highest BCUT2D eigenvalue weighted by Gasteiger charge is 2.50. The second-order valence-corrected chi connectivity index (χ2v) is 27.6. The summed E-state index contributed by atoms with van der Waals surface area (Å²) in [6, 6.07) is 16.2. The molecule has 1 fully saturated rings. The van der Waals surface area contributed by atoms with Crippen molar-refractivity contribution in [3.8, 4) is 5.75 Å². The highest BCUT2D eigenvalue weighted by Crippen LogP contribution is 2.52. The molecule has 2 aromatic rings. The fraction of sp³-hybridized carbons (Fsp3) is 0.690. The highest BCUT2D eigenvalue weighted by atomic mass is 28.4. The third-order valence-electron chi connectivity index (χ3n) is 12.4. The Kier molecular flexibility index (Phi) is 13.5. The van der Waals surface area contributed by atoms with Gasteiger partial charge in [-0.25, -0.2) is 4.79 Å². The van der Waals surface area contributed by atoms with Crippen LogP contribution in [-0.2, 0) is 37.8 Å². The van der Waals surface area contributed by atoms with Crippen LogP contribution in [0.5, 0.6) is 5.75 Å². The number of rotatable bonds is 16. The first kappa shape index (κ1) is 39.8. The number of hydrogen-bond acceptors (Lipinski definition) is 5. The summed E-state index contributed by atoms with van der Waals surface area (Å²) in [7, 11) is -3.85. The molecule has 2 aromatic carbocycles. The number of ether oxygens (including phenoxy) is 2. The Morgan fingerprint density at radius 3 is 2.20 bits per heavy atom. The average Bonchev–Trinajstić information content (AvgIpc) is 3.34. The molecule has 2 aliphatic carbocycles. The maximum Gasteiger partial charge on any atom is 0.344 e. The molecule has 0 heterocycles. The molecule has 274 valence electrons. The second-order valence-electron chi connectivity index (χ2n) is 18.1. The summed E-state index contributed by atoms with van der Waals surface area (Å²) < 4.78 is 26.2. The van der Waals surface area contributed by atoms with Gasteiger partial charge in [-0.1, -0.05) is 110 Å². The van der Waals surface area contributed by atoms with Crippen molar-refractivity contribution < 1.29 is 23.1 Å². The Balaban J connectivity index is 1.51. The van der Waals surface area contributed by atoms with Crippen molar-refractivity contribution >= 4 is 22.6 Å². The van der Waals surface area contributed by atoms with E-state index >= 15 is 0 Å². The Labute approximate surface area is 301 Å². The van der Waals surface area contributed by atoms with E-state index in [1.165, 1.54) is 30.4 Å². The summed E-state index contributed by atoms with van der Waals surface area (Å²) in [4.78, 5) is 12.6. The number of carbonyl (C=O) groups is 1. The van der Waals surface area contributed by atoms with Crippen LogP contribution >= 0.6 is 0 Å². The van der Waals surface area contributed by atoms with E-state index in [4.69, 9.17) is 18.3 Å². The Morgan fingerprint density at radius 2 is 1.55 bits per heavy atom. The summed E-state index contributed by atoms with van der Waals surface area (Å²) in [6.07, 6.45) is 10.9. The molecule has 7 heteroatoms. The van der Waals surface area contributed by atoms with Gasteiger partial charge in [0.15, 0.2) is 23.2 Å². The molecule has 3 unspecified atom stereocenters. The lowest BCUT2D eigenvalue weighted by Crippen LogP contribution is -2.46. The zero-order chi connectivity index (χ0) is 36.0. The summed E-state index contributed by atoms with van der Waals surface area (Å²) in [5.41, 5.74) is 3.61. The van der Waals surface area contributed by atoms with Crippen LogP contribution in [0.15, 0.2) is 48.5 Å². The molecule has 0 amide bonds. The molecular formula is C42H68O5Si2. The lowest BCUT2D eigenvalue weighted by molar-refractivity contribution is -0.147. The van der Waals surface area contributed by atoms with Crippen molar-refractivity contribution in [3.63, 3.8) is 0 Å². The Morgan fingerprint density at radius 1 is 0.857 bits per heavy atom. The fourth-order valence-corrected chi connectivity index (χ4v) is 10.2. The van der Waals surface area contributed by atoms with Gasteiger partial charge in [0.25, 0.3) is 0 Å². The predicted molar refractivity (Wildman–Crippen MR) is 208 cm³/mol. The van der Waals surface area contributed by atoms with Gasteiger partial charge in [0, 0.05) is 12.2 Å². The SMILES string of the molecule is CCCCCC(CC[C@H]1C(O[Si](C)(C)C(C)(C)C)CC2Cc3c(cccc3OCC(=O)OCc3ccccc3)C[C@@H]21)O[Si](C)(C)C(C)(C)C. The van der Waals surface area contributed by atoms with Crippen molar-refractivity contribution in [1.82, 2.24) is 0 Å². The van der Waals surface area contributed by atoms with E-state index in [9.17, 15) is 4.79 Å². The van der Waals surface area contributed by atoms with Crippen LogP contribution in [0.3, 0.4) is 0 Å². The van der Waals surface area contributed by atoms with E-state index in [-0.39, 0.29) is 35.4 Å². The maximum absolute atomic E-state index is 12.6. The fourth-order valence-electron chi connectivity index (χ4n) is 7.37. The third-order valence-corrected chi connectivity index (χ3v) is 21.4. The summed E-state index contributed by atoms with van der Waals surface area (Å²) in [6.45, 7) is 26.3. The van der Waals surface area contributed by atoms with Crippen LogP contribution < -0.4 is 4.74 Å². The van der Waals surface area contributed by atoms with Crippen molar-refractivity contribution in [2.45, 2.75) is 161 Å². The number of benzene rings is 2.